The maximum absolute atomic E-state index is 13.3. The van der Waals surface area contributed by atoms with E-state index in [0.29, 0.717) is 22.3 Å². The first-order valence-corrected chi connectivity index (χ1v) is 13.2. The lowest BCUT2D eigenvalue weighted by Crippen LogP contribution is -2.47. The molecule has 2 N–H and O–H groups in total. The van der Waals surface area contributed by atoms with Crippen LogP contribution in [0.4, 0.5) is 0 Å². The van der Waals surface area contributed by atoms with E-state index in [1.54, 1.807) is 24.3 Å². The van der Waals surface area contributed by atoms with Crippen LogP contribution in [0, 0.1) is 17.3 Å². The number of aromatic nitrogens is 2. The van der Waals surface area contributed by atoms with Crippen molar-refractivity contribution in [2.45, 2.75) is 56.5 Å². The average molecular weight is 507 g/mol. The monoisotopic (exact) mass is 506 g/mol. The smallest absolute Gasteiger partial charge is 0.291 e. The molecule has 2 aliphatic carbocycles. The number of hydrogen-bond donors (Lipinski definition) is 2. The van der Waals surface area contributed by atoms with Gasteiger partial charge in [-0.25, -0.2) is 23.4 Å². The van der Waals surface area contributed by atoms with E-state index >= 15 is 0 Å². The minimum absolute atomic E-state index is 0.0130. The number of fused-ring (bicyclic) bond motifs is 1. The van der Waals surface area contributed by atoms with Gasteiger partial charge in [0.1, 0.15) is 0 Å². The summed E-state index contributed by atoms with van der Waals surface area (Å²) in [6.07, 6.45) is 3.31. The van der Waals surface area contributed by atoms with Crippen LogP contribution in [0.15, 0.2) is 63.0 Å². The summed E-state index contributed by atoms with van der Waals surface area (Å²) >= 11 is 0. The fraction of sp³-hybridized carbons (Fsp3) is 0.346. The van der Waals surface area contributed by atoms with Gasteiger partial charge in [-0.15, -0.1) is 0 Å². The highest BCUT2D eigenvalue weighted by molar-refractivity contribution is 7.89. The van der Waals surface area contributed by atoms with Crippen LogP contribution < -0.4 is 21.4 Å². The maximum Gasteiger partial charge on any atom is 0.350 e. The highest BCUT2D eigenvalue weighted by Crippen LogP contribution is 2.46. The summed E-state index contributed by atoms with van der Waals surface area (Å²) < 4.78 is 30.6. The van der Waals surface area contributed by atoms with Gasteiger partial charge in [0.05, 0.1) is 15.8 Å². The van der Waals surface area contributed by atoms with Crippen molar-refractivity contribution in [1.29, 1.82) is 0 Å². The summed E-state index contributed by atoms with van der Waals surface area (Å²) in [5, 5.41) is 0.0130. The van der Waals surface area contributed by atoms with Crippen molar-refractivity contribution in [1.82, 2.24) is 14.0 Å². The summed E-state index contributed by atoms with van der Waals surface area (Å²) in [6.45, 7) is 4.18. The molecular formula is C26H26N4O5S. The Kier molecular flexibility index (Phi) is 5.65. The Labute approximate surface area is 208 Å². The SMILES string of the molecule is CC1(Cn2c(=O)n(NC(=O)C#Cc3ccccc3)c(=O)c3cc(S(=O)(=O)NC4(C)CC4)ccc32)CC1. The first-order valence-electron chi connectivity index (χ1n) is 11.7. The number of sulfonamides is 1. The van der Waals surface area contributed by atoms with Gasteiger partial charge >= 0.3 is 11.6 Å². The van der Waals surface area contributed by atoms with E-state index in [4.69, 9.17) is 0 Å². The second-order valence-corrected chi connectivity index (χ2v) is 11.9. The van der Waals surface area contributed by atoms with Gasteiger partial charge in [-0.05, 0) is 68.4 Å². The summed E-state index contributed by atoms with van der Waals surface area (Å²) in [7, 11) is -3.88. The molecule has 1 aromatic heterocycles. The van der Waals surface area contributed by atoms with Crippen LogP contribution in [0.2, 0.25) is 0 Å². The largest absolute Gasteiger partial charge is 0.350 e. The molecule has 9 nitrogen and oxygen atoms in total. The number of hydrogen-bond acceptors (Lipinski definition) is 5. The molecule has 2 fully saturated rings. The van der Waals surface area contributed by atoms with Crippen LogP contribution in [-0.4, -0.2) is 29.1 Å². The van der Waals surface area contributed by atoms with Gasteiger partial charge in [0.25, 0.3) is 5.56 Å². The fourth-order valence-corrected chi connectivity index (χ4v) is 5.47. The van der Waals surface area contributed by atoms with E-state index in [1.807, 2.05) is 19.9 Å². The van der Waals surface area contributed by atoms with Gasteiger partial charge in [-0.2, -0.15) is 4.68 Å². The number of carbonyl (C=O) groups excluding carboxylic acids is 1. The van der Waals surface area contributed by atoms with Crippen LogP contribution >= 0.6 is 0 Å². The zero-order valence-corrected chi connectivity index (χ0v) is 20.8. The van der Waals surface area contributed by atoms with Crippen molar-refractivity contribution >= 4 is 26.8 Å². The third kappa shape index (κ3) is 4.85. The molecule has 10 heteroatoms. The zero-order valence-electron chi connectivity index (χ0n) is 20.0. The number of rotatable bonds is 6. The predicted molar refractivity (Wildman–Crippen MR) is 135 cm³/mol. The molecule has 0 radical (unpaired) electrons. The molecule has 0 spiro atoms. The average Bonchev–Trinajstić information content (AvgIpc) is 3.76. The Morgan fingerprint density at radius 1 is 1.03 bits per heavy atom. The van der Waals surface area contributed by atoms with Gasteiger partial charge in [0.2, 0.25) is 10.0 Å². The number of amides is 1. The number of carbonyl (C=O) groups is 1. The predicted octanol–water partition coefficient (Wildman–Crippen LogP) is 1.92. The standard InChI is InChI=1S/C26H26N4O5S/c1-25(12-13-25)17-29-21-10-9-19(36(34,35)28-26(2)14-15-26)16-20(21)23(32)30(24(29)33)27-22(31)11-8-18-6-4-3-5-7-18/h3-7,9-10,16,28H,12-15,17H2,1-2H3,(H,27,31). The van der Waals surface area contributed by atoms with E-state index in [9.17, 15) is 22.8 Å². The third-order valence-electron chi connectivity index (χ3n) is 6.76. The molecule has 1 heterocycles. The zero-order chi connectivity index (χ0) is 25.7. The highest BCUT2D eigenvalue weighted by atomic mass is 32.2. The molecule has 2 aliphatic rings. The molecule has 0 saturated heterocycles. The van der Waals surface area contributed by atoms with E-state index in [0.717, 1.165) is 25.7 Å². The molecule has 186 valence electrons. The van der Waals surface area contributed by atoms with Crippen molar-refractivity contribution in [3.8, 4) is 11.8 Å². The summed E-state index contributed by atoms with van der Waals surface area (Å²) in [5.74, 6) is 4.23. The van der Waals surface area contributed by atoms with Gasteiger partial charge in [-0.1, -0.05) is 31.0 Å². The second kappa shape index (κ2) is 8.47. The summed E-state index contributed by atoms with van der Waals surface area (Å²) in [4.78, 5) is 39.1. The van der Waals surface area contributed by atoms with Crippen LogP contribution in [-0.2, 0) is 21.4 Å². The molecule has 1 amide bonds. The minimum atomic E-state index is -3.88. The molecule has 3 aromatic rings. The molecule has 0 aliphatic heterocycles. The van der Waals surface area contributed by atoms with Crippen LogP contribution in [0.5, 0.6) is 0 Å². The molecular weight excluding hydrogens is 480 g/mol. The van der Waals surface area contributed by atoms with Crippen LogP contribution in [0.25, 0.3) is 10.9 Å². The van der Waals surface area contributed by atoms with E-state index in [-0.39, 0.29) is 15.7 Å². The molecule has 0 unspecified atom stereocenters. The van der Waals surface area contributed by atoms with Gasteiger partial charge < -0.3 is 0 Å². The summed E-state index contributed by atoms with van der Waals surface area (Å²) in [6, 6.07) is 13.0. The van der Waals surface area contributed by atoms with Crippen molar-refractivity contribution in [3.05, 3.63) is 74.9 Å². The number of benzene rings is 2. The quantitative estimate of drug-likeness (QED) is 0.495. The number of nitrogens with zero attached hydrogens (tertiary/aromatic N) is 2. The Hall–Kier alpha value is -3.68. The van der Waals surface area contributed by atoms with Gasteiger partial charge in [-0.3, -0.25) is 14.2 Å². The lowest BCUT2D eigenvalue weighted by molar-refractivity contribution is -0.112. The Bertz CT molecular complexity index is 1670. The van der Waals surface area contributed by atoms with Gasteiger partial charge in [0.15, 0.2) is 0 Å². The first kappa shape index (κ1) is 24.0. The Morgan fingerprint density at radius 3 is 2.36 bits per heavy atom. The topological polar surface area (TPSA) is 119 Å². The lowest BCUT2D eigenvalue weighted by atomic mass is 10.1. The van der Waals surface area contributed by atoms with Crippen molar-refractivity contribution in [3.63, 3.8) is 0 Å². The minimum Gasteiger partial charge on any atom is -0.291 e. The van der Waals surface area contributed by atoms with Crippen molar-refractivity contribution < 1.29 is 13.2 Å². The highest BCUT2D eigenvalue weighted by Gasteiger charge is 2.41. The second-order valence-electron chi connectivity index (χ2n) is 10.2. The fourth-order valence-electron chi connectivity index (χ4n) is 3.98. The first-order chi connectivity index (χ1) is 17.0. The molecule has 2 aromatic carbocycles. The lowest BCUT2D eigenvalue weighted by Gasteiger charge is -2.18. The third-order valence-corrected chi connectivity index (χ3v) is 8.39. The van der Waals surface area contributed by atoms with Crippen molar-refractivity contribution in [2.24, 2.45) is 5.41 Å². The summed E-state index contributed by atoms with van der Waals surface area (Å²) in [5.41, 5.74) is 1.07. The molecule has 2 saturated carbocycles. The van der Waals surface area contributed by atoms with Crippen LogP contribution in [0.1, 0.15) is 45.1 Å². The number of nitrogens with one attached hydrogen (secondary N) is 2. The molecule has 0 bridgehead atoms. The normalized spacial score (nSPS) is 17.2. The molecule has 0 atom stereocenters. The van der Waals surface area contributed by atoms with Crippen LogP contribution in [0.3, 0.4) is 0 Å². The van der Waals surface area contributed by atoms with Gasteiger partial charge in [0, 0.05) is 23.6 Å². The maximum atomic E-state index is 13.3. The Morgan fingerprint density at radius 2 is 1.72 bits per heavy atom. The molecule has 5 rings (SSSR count). The van der Waals surface area contributed by atoms with Crippen molar-refractivity contribution in [2.75, 3.05) is 5.43 Å². The molecule has 36 heavy (non-hydrogen) atoms. The Balaban J connectivity index is 1.59. The van der Waals surface area contributed by atoms with E-state index in [2.05, 4.69) is 22.0 Å². The van der Waals surface area contributed by atoms with E-state index in [1.165, 1.54) is 22.8 Å². The van der Waals surface area contributed by atoms with E-state index < -0.39 is 32.7 Å².